The van der Waals surface area contributed by atoms with Gasteiger partial charge in [0.1, 0.15) is 0 Å². The standard InChI is InChI=1S/C5H14N2O4/c1-4(2)5(7(10)11)3-6(8)9/h4-5,8-11H,3H2,1-2H3. The Kier molecular flexibility index (Phi) is 4.50. The van der Waals surface area contributed by atoms with E-state index in [1.165, 1.54) is 0 Å². The molecule has 0 saturated heterocycles. The van der Waals surface area contributed by atoms with E-state index in [1.54, 1.807) is 13.8 Å². The molecule has 0 aliphatic heterocycles. The van der Waals surface area contributed by atoms with Gasteiger partial charge in [0.05, 0.1) is 12.6 Å². The Bertz CT molecular complexity index is 98.7. The second-order valence-corrected chi connectivity index (χ2v) is 2.69. The van der Waals surface area contributed by atoms with Crippen molar-refractivity contribution < 1.29 is 20.8 Å². The van der Waals surface area contributed by atoms with Gasteiger partial charge in [0.2, 0.25) is 0 Å². The van der Waals surface area contributed by atoms with Crippen LogP contribution in [0.3, 0.4) is 0 Å². The monoisotopic (exact) mass is 166 g/mol. The van der Waals surface area contributed by atoms with Gasteiger partial charge in [-0.2, -0.15) is 0 Å². The molecule has 0 bridgehead atoms. The molecule has 0 aromatic rings. The van der Waals surface area contributed by atoms with Crippen LogP contribution >= 0.6 is 0 Å². The minimum atomic E-state index is -0.718. The highest BCUT2D eigenvalue weighted by molar-refractivity contribution is 4.65. The van der Waals surface area contributed by atoms with Crippen molar-refractivity contribution in [2.75, 3.05) is 6.54 Å². The number of hydroxylamine groups is 4. The predicted molar refractivity (Wildman–Crippen MR) is 34.3 cm³/mol. The van der Waals surface area contributed by atoms with Crippen molar-refractivity contribution in [2.24, 2.45) is 5.92 Å². The fourth-order valence-electron chi connectivity index (χ4n) is 0.718. The van der Waals surface area contributed by atoms with E-state index < -0.39 is 6.04 Å². The van der Waals surface area contributed by atoms with E-state index in [0.29, 0.717) is 0 Å². The Labute approximate surface area is 64.7 Å². The van der Waals surface area contributed by atoms with Gasteiger partial charge in [0.25, 0.3) is 0 Å². The van der Waals surface area contributed by atoms with Crippen molar-refractivity contribution in [3.05, 3.63) is 0 Å². The zero-order chi connectivity index (χ0) is 9.02. The molecule has 0 aliphatic rings. The molecule has 11 heavy (non-hydrogen) atoms. The van der Waals surface area contributed by atoms with Crippen LogP contribution in [0.5, 0.6) is 0 Å². The molecule has 0 rings (SSSR count). The first-order valence-corrected chi connectivity index (χ1v) is 3.27. The lowest BCUT2D eigenvalue weighted by molar-refractivity contribution is -0.372. The predicted octanol–water partition coefficient (Wildman–Crippen LogP) is 0.172. The topological polar surface area (TPSA) is 87.4 Å². The van der Waals surface area contributed by atoms with Crippen LogP contribution < -0.4 is 0 Å². The fraction of sp³-hybridized carbons (Fsp3) is 1.00. The quantitative estimate of drug-likeness (QED) is 0.445. The highest BCUT2D eigenvalue weighted by Gasteiger charge is 2.21. The van der Waals surface area contributed by atoms with Gasteiger partial charge in [0, 0.05) is 0 Å². The third-order valence-electron chi connectivity index (χ3n) is 1.42. The maximum atomic E-state index is 8.57. The highest BCUT2D eigenvalue weighted by atomic mass is 16.8. The fourth-order valence-corrected chi connectivity index (χ4v) is 0.718. The third kappa shape index (κ3) is 4.25. The van der Waals surface area contributed by atoms with E-state index in [0.717, 1.165) is 0 Å². The van der Waals surface area contributed by atoms with Crippen LogP contribution in [0.1, 0.15) is 13.8 Å². The van der Waals surface area contributed by atoms with Crippen LogP contribution in [0.15, 0.2) is 0 Å². The van der Waals surface area contributed by atoms with Crippen molar-refractivity contribution in [3.63, 3.8) is 0 Å². The molecule has 1 unspecified atom stereocenters. The average Bonchev–Trinajstić information content (AvgIpc) is 1.81. The molecule has 0 aromatic heterocycles. The lowest BCUT2D eigenvalue weighted by atomic mass is 10.1. The summed E-state index contributed by atoms with van der Waals surface area (Å²) >= 11 is 0. The van der Waals surface area contributed by atoms with E-state index in [2.05, 4.69) is 0 Å². The largest absolute Gasteiger partial charge is 0.290 e. The first-order valence-electron chi connectivity index (χ1n) is 3.27. The molecular formula is C5H14N2O4. The average molecular weight is 166 g/mol. The van der Waals surface area contributed by atoms with Crippen molar-refractivity contribution in [1.29, 1.82) is 0 Å². The van der Waals surface area contributed by atoms with Gasteiger partial charge in [-0.15, -0.1) is 0 Å². The molecule has 68 valence electrons. The maximum Gasteiger partial charge on any atom is 0.0821 e. The van der Waals surface area contributed by atoms with Crippen LogP contribution in [0.25, 0.3) is 0 Å². The van der Waals surface area contributed by atoms with Crippen LogP contribution in [0.2, 0.25) is 0 Å². The van der Waals surface area contributed by atoms with Crippen molar-refractivity contribution in [1.82, 2.24) is 10.5 Å². The first-order chi connectivity index (χ1) is 4.95. The Balaban J connectivity index is 3.90. The molecule has 6 nitrogen and oxygen atoms in total. The van der Waals surface area contributed by atoms with Gasteiger partial charge in [-0.3, -0.25) is 20.8 Å². The Morgan fingerprint density at radius 2 is 1.55 bits per heavy atom. The molecule has 0 saturated carbocycles. The van der Waals surface area contributed by atoms with Gasteiger partial charge < -0.3 is 0 Å². The minimum absolute atomic E-state index is 0.0237. The summed E-state index contributed by atoms with van der Waals surface area (Å²) in [6.07, 6.45) is 0. The lowest BCUT2D eigenvalue weighted by Crippen LogP contribution is -2.42. The molecule has 0 fully saturated rings. The summed E-state index contributed by atoms with van der Waals surface area (Å²) in [6.45, 7) is 3.21. The molecule has 0 radical (unpaired) electrons. The van der Waals surface area contributed by atoms with E-state index >= 15 is 0 Å². The molecule has 0 heterocycles. The summed E-state index contributed by atoms with van der Waals surface area (Å²) in [5.74, 6) is -0.0909. The Hall–Kier alpha value is -0.240. The number of rotatable bonds is 4. The van der Waals surface area contributed by atoms with Crippen LogP contribution in [0, 0.1) is 5.92 Å². The summed E-state index contributed by atoms with van der Waals surface area (Å²) in [5.41, 5.74) is 0. The van der Waals surface area contributed by atoms with Crippen molar-refractivity contribution in [2.45, 2.75) is 19.9 Å². The second kappa shape index (κ2) is 4.60. The minimum Gasteiger partial charge on any atom is -0.290 e. The van der Waals surface area contributed by atoms with Gasteiger partial charge in [-0.25, -0.2) is 0 Å². The zero-order valence-corrected chi connectivity index (χ0v) is 6.55. The van der Waals surface area contributed by atoms with Gasteiger partial charge >= 0.3 is 0 Å². The molecule has 6 heteroatoms. The van der Waals surface area contributed by atoms with Crippen molar-refractivity contribution >= 4 is 0 Å². The second-order valence-electron chi connectivity index (χ2n) is 2.69. The molecule has 0 aromatic carbocycles. The van der Waals surface area contributed by atoms with E-state index in [-0.39, 0.29) is 22.9 Å². The first kappa shape index (κ1) is 10.8. The summed E-state index contributed by atoms with van der Waals surface area (Å²) in [5, 5.41) is 33.8. The molecule has 4 N–H and O–H groups in total. The Morgan fingerprint density at radius 3 is 1.64 bits per heavy atom. The number of hydrogen-bond donors (Lipinski definition) is 4. The van der Waals surface area contributed by atoms with Crippen LogP contribution in [0.4, 0.5) is 0 Å². The Morgan fingerprint density at radius 1 is 1.09 bits per heavy atom. The van der Waals surface area contributed by atoms with Gasteiger partial charge in [0.15, 0.2) is 0 Å². The molecule has 1 atom stereocenters. The van der Waals surface area contributed by atoms with E-state index in [1.807, 2.05) is 0 Å². The van der Waals surface area contributed by atoms with Crippen LogP contribution in [-0.4, -0.2) is 43.9 Å². The van der Waals surface area contributed by atoms with E-state index in [4.69, 9.17) is 20.8 Å². The summed E-state index contributed by atoms with van der Waals surface area (Å²) in [4.78, 5) is 0. The third-order valence-corrected chi connectivity index (χ3v) is 1.42. The van der Waals surface area contributed by atoms with Crippen molar-refractivity contribution in [3.8, 4) is 0 Å². The zero-order valence-electron chi connectivity index (χ0n) is 6.55. The normalized spacial score (nSPS) is 15.0. The van der Waals surface area contributed by atoms with Gasteiger partial charge in [-0.05, 0) is 5.92 Å². The van der Waals surface area contributed by atoms with E-state index in [9.17, 15) is 0 Å². The van der Waals surface area contributed by atoms with Crippen LogP contribution in [-0.2, 0) is 0 Å². The lowest BCUT2D eigenvalue weighted by Gasteiger charge is -2.24. The summed E-state index contributed by atoms with van der Waals surface area (Å²) in [7, 11) is 0. The van der Waals surface area contributed by atoms with Gasteiger partial charge in [-0.1, -0.05) is 24.3 Å². The number of nitrogens with zero attached hydrogens (tertiary/aromatic N) is 2. The highest BCUT2D eigenvalue weighted by Crippen LogP contribution is 2.06. The molecule has 0 aliphatic carbocycles. The molecule has 0 spiro atoms. The summed E-state index contributed by atoms with van der Waals surface area (Å²) < 4.78 is 0. The number of hydrogen-bond acceptors (Lipinski definition) is 6. The molecule has 0 amide bonds. The maximum absolute atomic E-state index is 8.57. The summed E-state index contributed by atoms with van der Waals surface area (Å²) in [6, 6.07) is -0.718. The SMILES string of the molecule is CC(C)C(CN(O)O)N(O)O. The smallest absolute Gasteiger partial charge is 0.0821 e. The molecular weight excluding hydrogens is 152 g/mol.